The maximum Gasteiger partial charge on any atom is 0.124 e. The van der Waals surface area contributed by atoms with Gasteiger partial charge in [0.2, 0.25) is 0 Å². The average Bonchev–Trinajstić information content (AvgIpc) is 2.71. The van der Waals surface area contributed by atoms with Gasteiger partial charge < -0.3 is 10.2 Å². The van der Waals surface area contributed by atoms with E-state index in [0.29, 0.717) is 0 Å². The van der Waals surface area contributed by atoms with Crippen molar-refractivity contribution in [2.24, 2.45) is 9.98 Å². The predicted molar refractivity (Wildman–Crippen MR) is 135 cm³/mol. The first-order chi connectivity index (χ1) is 14.9. The van der Waals surface area contributed by atoms with Crippen molar-refractivity contribution in [2.75, 3.05) is 0 Å². The Morgan fingerprint density at radius 2 is 1.06 bits per heavy atom. The molecular formula is C28H38N2O2. The van der Waals surface area contributed by atoms with Crippen LogP contribution in [0.3, 0.4) is 0 Å². The molecule has 2 aromatic carbocycles. The monoisotopic (exact) mass is 434 g/mol. The Morgan fingerprint density at radius 1 is 0.688 bits per heavy atom. The third-order valence-corrected chi connectivity index (χ3v) is 6.29. The van der Waals surface area contributed by atoms with Gasteiger partial charge in [-0.25, -0.2) is 0 Å². The van der Waals surface area contributed by atoms with Crippen molar-refractivity contribution in [3.63, 3.8) is 0 Å². The summed E-state index contributed by atoms with van der Waals surface area (Å²) in [5, 5.41) is 20.6. The molecule has 0 amide bonds. The molecule has 4 nitrogen and oxygen atoms in total. The Balaban J connectivity index is 1.82. The molecule has 2 aromatic rings. The molecule has 3 rings (SSSR count). The number of hydrogen-bond acceptors (Lipinski definition) is 4. The van der Waals surface area contributed by atoms with Gasteiger partial charge in [-0.2, -0.15) is 0 Å². The van der Waals surface area contributed by atoms with Crippen LogP contribution < -0.4 is 0 Å². The fourth-order valence-corrected chi connectivity index (χ4v) is 4.04. The standard InChI is InChI=1S/C28H38N2O2/c1-27(2,3)21-11-13-25(31)19(15-21)17-29-23-9-7-8-10-24(23)30-18-20-16-22(28(4,5)6)12-14-26(20)32/h11-18,23-24,31-32H,7-10H2,1-6H3/t23-,24+. The van der Waals surface area contributed by atoms with E-state index in [9.17, 15) is 10.2 Å². The molecule has 0 aromatic heterocycles. The Bertz CT molecular complexity index is 912. The molecule has 0 spiro atoms. The average molecular weight is 435 g/mol. The normalized spacial score (nSPS) is 20.3. The third kappa shape index (κ3) is 5.99. The first kappa shape index (κ1) is 24.0. The minimum absolute atomic E-state index is 0.0115. The first-order valence-corrected chi connectivity index (χ1v) is 11.7. The molecule has 2 atom stereocenters. The van der Waals surface area contributed by atoms with Crippen molar-refractivity contribution in [1.82, 2.24) is 0 Å². The number of nitrogens with zero attached hydrogens (tertiary/aromatic N) is 2. The molecule has 0 saturated heterocycles. The highest BCUT2D eigenvalue weighted by molar-refractivity contribution is 5.85. The van der Waals surface area contributed by atoms with Crippen LogP contribution in [0.5, 0.6) is 11.5 Å². The fraction of sp³-hybridized carbons (Fsp3) is 0.500. The second kappa shape index (κ2) is 9.48. The molecule has 4 heteroatoms. The summed E-state index contributed by atoms with van der Waals surface area (Å²) in [5.41, 5.74) is 3.87. The minimum Gasteiger partial charge on any atom is -0.507 e. The summed E-state index contributed by atoms with van der Waals surface area (Å²) in [4.78, 5) is 9.70. The van der Waals surface area contributed by atoms with Gasteiger partial charge in [0.05, 0.1) is 12.1 Å². The van der Waals surface area contributed by atoms with Crippen LogP contribution in [0.1, 0.15) is 89.5 Å². The Kier molecular flexibility index (Phi) is 7.12. The highest BCUT2D eigenvalue weighted by atomic mass is 16.3. The summed E-state index contributed by atoms with van der Waals surface area (Å²) in [6.45, 7) is 13.0. The van der Waals surface area contributed by atoms with Gasteiger partial charge in [-0.15, -0.1) is 0 Å². The molecule has 0 bridgehead atoms. The topological polar surface area (TPSA) is 65.2 Å². The molecule has 1 aliphatic carbocycles. The second-order valence-corrected chi connectivity index (χ2v) is 11.0. The molecule has 1 fully saturated rings. The molecule has 0 radical (unpaired) electrons. The number of hydrogen-bond donors (Lipinski definition) is 2. The molecule has 0 aliphatic heterocycles. The number of phenols is 2. The van der Waals surface area contributed by atoms with E-state index in [1.165, 1.54) is 11.1 Å². The van der Waals surface area contributed by atoms with Crippen molar-refractivity contribution in [3.05, 3.63) is 58.7 Å². The van der Waals surface area contributed by atoms with E-state index in [1.807, 2.05) is 24.3 Å². The maximum atomic E-state index is 10.3. The Morgan fingerprint density at radius 3 is 1.41 bits per heavy atom. The molecule has 1 saturated carbocycles. The lowest BCUT2D eigenvalue weighted by Gasteiger charge is -2.26. The zero-order chi connectivity index (χ0) is 23.5. The van der Waals surface area contributed by atoms with Gasteiger partial charge in [0.1, 0.15) is 11.5 Å². The number of benzene rings is 2. The van der Waals surface area contributed by atoms with Gasteiger partial charge in [0.25, 0.3) is 0 Å². The van der Waals surface area contributed by atoms with Gasteiger partial charge in [0.15, 0.2) is 0 Å². The zero-order valence-corrected chi connectivity index (χ0v) is 20.4. The number of rotatable bonds is 4. The molecule has 2 N–H and O–H groups in total. The van der Waals surface area contributed by atoms with Crippen LogP contribution >= 0.6 is 0 Å². The Hall–Kier alpha value is -2.62. The Labute approximate surface area is 193 Å². The fourth-order valence-electron chi connectivity index (χ4n) is 4.04. The summed E-state index contributed by atoms with van der Waals surface area (Å²) in [6.07, 6.45) is 7.83. The molecular weight excluding hydrogens is 396 g/mol. The van der Waals surface area contributed by atoms with Crippen LogP contribution in [0.15, 0.2) is 46.4 Å². The number of aromatic hydroxyl groups is 2. The van der Waals surface area contributed by atoms with E-state index in [-0.39, 0.29) is 34.4 Å². The van der Waals surface area contributed by atoms with E-state index in [0.717, 1.165) is 36.8 Å². The number of aliphatic imine (C=N–C) groups is 2. The van der Waals surface area contributed by atoms with E-state index in [1.54, 1.807) is 24.6 Å². The van der Waals surface area contributed by atoms with Crippen LogP contribution in [-0.4, -0.2) is 34.7 Å². The quantitative estimate of drug-likeness (QED) is 0.536. The van der Waals surface area contributed by atoms with E-state index in [2.05, 4.69) is 41.5 Å². The third-order valence-electron chi connectivity index (χ3n) is 6.29. The lowest BCUT2D eigenvalue weighted by molar-refractivity contribution is 0.390. The second-order valence-electron chi connectivity index (χ2n) is 11.0. The molecule has 172 valence electrons. The van der Waals surface area contributed by atoms with Crippen molar-refractivity contribution in [3.8, 4) is 11.5 Å². The van der Waals surface area contributed by atoms with Crippen molar-refractivity contribution in [1.29, 1.82) is 0 Å². The van der Waals surface area contributed by atoms with E-state index in [4.69, 9.17) is 9.98 Å². The van der Waals surface area contributed by atoms with Gasteiger partial charge in [-0.1, -0.05) is 66.5 Å². The summed E-state index contributed by atoms with van der Waals surface area (Å²) >= 11 is 0. The molecule has 32 heavy (non-hydrogen) atoms. The largest absolute Gasteiger partial charge is 0.507 e. The highest BCUT2D eigenvalue weighted by Gasteiger charge is 2.24. The predicted octanol–water partition coefficient (Wildman–Crippen LogP) is 6.54. The van der Waals surface area contributed by atoms with Crippen molar-refractivity contribution < 1.29 is 10.2 Å². The van der Waals surface area contributed by atoms with Crippen molar-refractivity contribution in [2.45, 2.75) is 90.1 Å². The van der Waals surface area contributed by atoms with E-state index < -0.39 is 0 Å². The van der Waals surface area contributed by atoms with Gasteiger partial charge in [-0.3, -0.25) is 9.98 Å². The van der Waals surface area contributed by atoms with Gasteiger partial charge >= 0.3 is 0 Å². The molecule has 0 unspecified atom stereocenters. The minimum atomic E-state index is 0.0115. The lowest BCUT2D eigenvalue weighted by Crippen LogP contribution is -2.27. The van der Waals surface area contributed by atoms with E-state index >= 15 is 0 Å². The first-order valence-electron chi connectivity index (χ1n) is 11.7. The molecule has 1 aliphatic rings. The summed E-state index contributed by atoms with van der Waals surface area (Å²) < 4.78 is 0. The summed E-state index contributed by atoms with van der Waals surface area (Å²) in [6, 6.07) is 11.6. The SMILES string of the molecule is CC(C)(C)c1ccc(O)c(C=N[C@H]2CCCC[C@H]2N=Cc2cc(C(C)(C)C)ccc2O)c1. The number of phenolic OH excluding ortho intramolecular Hbond substituents is 2. The van der Waals surface area contributed by atoms with Crippen LogP contribution in [-0.2, 0) is 10.8 Å². The van der Waals surface area contributed by atoms with Crippen molar-refractivity contribution >= 4 is 12.4 Å². The summed E-state index contributed by atoms with van der Waals surface area (Å²) in [7, 11) is 0. The highest BCUT2D eigenvalue weighted by Crippen LogP contribution is 2.29. The van der Waals surface area contributed by atoms with Crippen LogP contribution in [0.4, 0.5) is 0 Å². The zero-order valence-electron chi connectivity index (χ0n) is 20.4. The van der Waals surface area contributed by atoms with Gasteiger partial charge in [-0.05, 0) is 59.1 Å². The molecule has 0 heterocycles. The summed E-state index contributed by atoms with van der Waals surface area (Å²) in [5.74, 6) is 0.503. The lowest BCUT2D eigenvalue weighted by atomic mass is 9.86. The smallest absolute Gasteiger partial charge is 0.124 e. The van der Waals surface area contributed by atoms with Gasteiger partial charge in [0, 0.05) is 23.6 Å². The van der Waals surface area contributed by atoms with Crippen LogP contribution in [0.25, 0.3) is 0 Å². The maximum absolute atomic E-state index is 10.3. The van der Waals surface area contributed by atoms with Crippen LogP contribution in [0.2, 0.25) is 0 Å². The van der Waals surface area contributed by atoms with Crippen LogP contribution in [0, 0.1) is 0 Å².